The van der Waals surface area contributed by atoms with Crippen LogP contribution in [-0.2, 0) is 22.3 Å². The predicted octanol–water partition coefficient (Wildman–Crippen LogP) is 0.651. The van der Waals surface area contributed by atoms with E-state index in [0.29, 0.717) is 6.54 Å². The number of hydrogen-bond acceptors (Lipinski definition) is 3. The van der Waals surface area contributed by atoms with Crippen LogP contribution in [0.2, 0.25) is 0 Å². The number of nitrogens with one attached hydrogen (secondary N) is 2. The number of carbonyl (C=O) groups is 1. The van der Waals surface area contributed by atoms with Gasteiger partial charge in [-0.2, -0.15) is 0 Å². The van der Waals surface area contributed by atoms with Crippen molar-refractivity contribution in [2.24, 2.45) is 0 Å². The number of rotatable bonds is 5. The topological polar surface area (TPSA) is 78.5 Å². The first-order valence-electron chi connectivity index (χ1n) is 6.52. The highest BCUT2D eigenvalue weighted by Crippen LogP contribution is 2.09. The second-order valence-corrected chi connectivity index (χ2v) is 6.71. The molecule has 0 atom stereocenters. The van der Waals surface area contributed by atoms with E-state index in [0.717, 1.165) is 30.6 Å². The van der Waals surface area contributed by atoms with E-state index in [1.165, 1.54) is 7.05 Å². The third-order valence-corrected chi connectivity index (χ3v) is 4.61. The number of benzene rings is 1. The van der Waals surface area contributed by atoms with Crippen LogP contribution >= 0.6 is 0 Å². The lowest BCUT2D eigenvalue weighted by Crippen LogP contribution is -2.47. The molecule has 2 amide bonds. The minimum Gasteiger partial charge on any atom is -0.334 e. The molecule has 110 valence electrons. The highest BCUT2D eigenvalue weighted by Gasteiger charge is 2.19. The summed E-state index contributed by atoms with van der Waals surface area (Å²) in [6.45, 7) is 2.10. The largest absolute Gasteiger partial charge is 0.334 e. The van der Waals surface area contributed by atoms with E-state index in [-0.39, 0.29) is 11.8 Å². The molecule has 20 heavy (non-hydrogen) atoms. The van der Waals surface area contributed by atoms with Crippen LogP contribution in [0.1, 0.15) is 17.5 Å². The molecule has 2 rings (SSSR count). The molecule has 1 aliphatic rings. The van der Waals surface area contributed by atoms with E-state index in [9.17, 15) is 13.2 Å². The maximum Gasteiger partial charge on any atom is 0.317 e. The van der Waals surface area contributed by atoms with Crippen molar-refractivity contribution in [3.05, 3.63) is 35.4 Å². The van der Waals surface area contributed by atoms with Crippen molar-refractivity contribution in [3.63, 3.8) is 0 Å². The summed E-state index contributed by atoms with van der Waals surface area (Å²) in [6.07, 6.45) is 1.07. The van der Waals surface area contributed by atoms with Crippen LogP contribution in [0.3, 0.4) is 0 Å². The summed E-state index contributed by atoms with van der Waals surface area (Å²) in [7, 11) is -1.85. The van der Waals surface area contributed by atoms with E-state index in [4.69, 9.17) is 0 Å². The lowest BCUT2D eigenvalue weighted by molar-refractivity contribution is 0.167. The number of amides is 2. The average Bonchev–Trinajstić information content (AvgIpc) is 2.35. The Labute approximate surface area is 119 Å². The van der Waals surface area contributed by atoms with Gasteiger partial charge in [0.2, 0.25) is 10.0 Å². The fraction of sp³-hybridized carbons (Fsp3) is 0.462. The normalized spacial score (nSPS) is 14.8. The molecule has 0 aromatic heterocycles. The molecule has 1 heterocycles. The van der Waals surface area contributed by atoms with Crippen LogP contribution in [-0.4, -0.2) is 39.5 Å². The number of sulfonamides is 1. The van der Waals surface area contributed by atoms with E-state index in [1.54, 1.807) is 17.0 Å². The maximum absolute atomic E-state index is 11.6. The Morgan fingerprint density at radius 3 is 2.30 bits per heavy atom. The van der Waals surface area contributed by atoms with Gasteiger partial charge < -0.3 is 10.2 Å². The molecule has 0 bridgehead atoms. The summed E-state index contributed by atoms with van der Waals surface area (Å²) in [5.41, 5.74) is 1.67. The lowest BCUT2D eigenvalue weighted by Gasteiger charge is -2.30. The Morgan fingerprint density at radius 1 is 1.20 bits per heavy atom. The molecule has 0 spiro atoms. The molecule has 0 aliphatic carbocycles. The third kappa shape index (κ3) is 3.94. The fourth-order valence-corrected chi connectivity index (χ4v) is 2.63. The van der Waals surface area contributed by atoms with Crippen LogP contribution in [0, 0.1) is 0 Å². The van der Waals surface area contributed by atoms with E-state index < -0.39 is 10.0 Å². The van der Waals surface area contributed by atoms with Gasteiger partial charge in [-0.25, -0.2) is 17.9 Å². The Kier molecular flexibility index (Phi) is 4.61. The average molecular weight is 297 g/mol. The molecule has 1 aliphatic heterocycles. The minimum atomic E-state index is -3.24. The number of urea groups is 1. The Hall–Kier alpha value is -1.60. The molecule has 6 nitrogen and oxygen atoms in total. The van der Waals surface area contributed by atoms with Gasteiger partial charge in [0.1, 0.15) is 0 Å². The van der Waals surface area contributed by atoms with Gasteiger partial charge in [0.05, 0.1) is 5.75 Å². The van der Waals surface area contributed by atoms with Crippen LogP contribution in [0.4, 0.5) is 4.79 Å². The van der Waals surface area contributed by atoms with Crippen molar-refractivity contribution in [2.75, 3.05) is 20.1 Å². The highest BCUT2D eigenvalue weighted by atomic mass is 32.2. The summed E-state index contributed by atoms with van der Waals surface area (Å²) < 4.78 is 25.1. The minimum absolute atomic E-state index is 0.0378. The van der Waals surface area contributed by atoms with Gasteiger partial charge in [0.15, 0.2) is 0 Å². The summed E-state index contributed by atoms with van der Waals surface area (Å²) >= 11 is 0. The number of carbonyl (C=O) groups excluding carboxylic acids is 1. The first kappa shape index (κ1) is 14.8. The first-order chi connectivity index (χ1) is 9.50. The molecule has 1 aromatic rings. The van der Waals surface area contributed by atoms with Crippen molar-refractivity contribution in [1.29, 1.82) is 0 Å². The Morgan fingerprint density at radius 2 is 1.80 bits per heavy atom. The van der Waals surface area contributed by atoms with Gasteiger partial charge >= 0.3 is 6.03 Å². The summed E-state index contributed by atoms with van der Waals surface area (Å²) in [5, 5.41) is 2.84. The predicted molar refractivity (Wildman–Crippen MR) is 76.6 cm³/mol. The summed E-state index contributed by atoms with van der Waals surface area (Å²) in [4.78, 5) is 13.4. The second kappa shape index (κ2) is 6.23. The Balaban J connectivity index is 1.86. The quantitative estimate of drug-likeness (QED) is 0.837. The maximum atomic E-state index is 11.6. The van der Waals surface area contributed by atoms with Crippen LogP contribution in [0.15, 0.2) is 24.3 Å². The lowest BCUT2D eigenvalue weighted by atomic mass is 10.1. The molecule has 1 aromatic carbocycles. The zero-order valence-electron chi connectivity index (χ0n) is 11.4. The zero-order chi connectivity index (χ0) is 14.6. The first-order valence-corrected chi connectivity index (χ1v) is 8.17. The van der Waals surface area contributed by atoms with Crippen molar-refractivity contribution in [2.45, 2.75) is 18.7 Å². The van der Waals surface area contributed by atoms with Crippen molar-refractivity contribution in [1.82, 2.24) is 14.9 Å². The summed E-state index contributed by atoms with van der Waals surface area (Å²) in [5.74, 6) is -0.0378. The van der Waals surface area contributed by atoms with Crippen molar-refractivity contribution in [3.8, 4) is 0 Å². The van der Waals surface area contributed by atoms with Crippen LogP contribution < -0.4 is 10.0 Å². The molecule has 0 saturated carbocycles. The highest BCUT2D eigenvalue weighted by molar-refractivity contribution is 7.88. The van der Waals surface area contributed by atoms with Gasteiger partial charge in [-0.05, 0) is 24.6 Å². The van der Waals surface area contributed by atoms with Crippen LogP contribution in [0.25, 0.3) is 0 Å². The molecule has 2 N–H and O–H groups in total. The molecule has 1 saturated heterocycles. The molecule has 1 fully saturated rings. The zero-order valence-corrected chi connectivity index (χ0v) is 12.2. The van der Waals surface area contributed by atoms with Crippen LogP contribution in [0.5, 0.6) is 0 Å². The van der Waals surface area contributed by atoms with Gasteiger partial charge in [-0.15, -0.1) is 0 Å². The van der Waals surface area contributed by atoms with Gasteiger partial charge in [-0.1, -0.05) is 24.3 Å². The molecular formula is C13H19N3O3S. The van der Waals surface area contributed by atoms with Crippen molar-refractivity contribution >= 4 is 16.1 Å². The number of likely N-dealkylation sites (tertiary alicyclic amines) is 1. The smallest absolute Gasteiger partial charge is 0.317 e. The standard InChI is InChI=1S/C13H19N3O3S/c1-14-20(18,19)10-12-5-3-11(4-6-12)9-15-13(17)16-7-2-8-16/h3-6,14H,2,7-10H2,1H3,(H,15,17). The van der Waals surface area contributed by atoms with Crippen molar-refractivity contribution < 1.29 is 13.2 Å². The molecule has 0 unspecified atom stereocenters. The van der Waals surface area contributed by atoms with Gasteiger partial charge in [0.25, 0.3) is 0 Å². The van der Waals surface area contributed by atoms with Gasteiger partial charge in [0, 0.05) is 19.6 Å². The molecular weight excluding hydrogens is 278 g/mol. The number of hydrogen-bond donors (Lipinski definition) is 2. The second-order valence-electron chi connectivity index (χ2n) is 4.78. The Bertz CT molecular complexity index is 565. The summed E-state index contributed by atoms with van der Waals surface area (Å²) in [6, 6.07) is 7.14. The molecule has 0 radical (unpaired) electrons. The molecule has 7 heteroatoms. The fourth-order valence-electron chi connectivity index (χ4n) is 1.85. The van der Waals surface area contributed by atoms with E-state index in [1.807, 2.05) is 12.1 Å². The van der Waals surface area contributed by atoms with Gasteiger partial charge in [-0.3, -0.25) is 0 Å². The monoisotopic (exact) mass is 297 g/mol. The van der Waals surface area contributed by atoms with E-state index in [2.05, 4.69) is 10.0 Å². The third-order valence-electron chi connectivity index (χ3n) is 3.28. The SMILES string of the molecule is CNS(=O)(=O)Cc1ccc(CNC(=O)N2CCC2)cc1. The number of nitrogens with zero attached hydrogens (tertiary/aromatic N) is 1. The van der Waals surface area contributed by atoms with E-state index >= 15 is 0 Å².